The molecule has 0 atom stereocenters. The Hall–Kier alpha value is -1.19. The molecule has 0 saturated heterocycles. The first-order valence-electron chi connectivity index (χ1n) is 4.23. The predicted octanol–water partition coefficient (Wildman–Crippen LogP) is 3.05. The number of benzene rings is 1. The van der Waals surface area contributed by atoms with Crippen LogP contribution in [0, 0.1) is 5.82 Å². The summed E-state index contributed by atoms with van der Waals surface area (Å²) >= 11 is 1.51. The summed E-state index contributed by atoms with van der Waals surface area (Å²) in [4.78, 5) is 0. The lowest BCUT2D eigenvalue weighted by atomic mass is 10.0. The fraction of sp³-hybridized carbons (Fsp3) is 0.0909. The topological polar surface area (TPSA) is 20.2 Å². The number of halogens is 1. The molecule has 1 heterocycles. The third kappa shape index (κ3) is 1.56. The molecule has 1 aromatic heterocycles. The summed E-state index contributed by atoms with van der Waals surface area (Å²) in [7, 11) is 0. The minimum absolute atomic E-state index is 0.136. The number of thiophene rings is 1. The maximum atomic E-state index is 13.5. The molecule has 1 N–H and O–H groups in total. The maximum absolute atomic E-state index is 13.5. The van der Waals surface area contributed by atoms with Crippen molar-refractivity contribution in [3.05, 3.63) is 46.4 Å². The van der Waals surface area contributed by atoms with Crippen LogP contribution in [-0.4, -0.2) is 5.11 Å². The van der Waals surface area contributed by atoms with Crippen LogP contribution in [0.4, 0.5) is 4.39 Å². The highest BCUT2D eigenvalue weighted by Crippen LogP contribution is 2.28. The third-order valence-corrected chi connectivity index (χ3v) is 2.76. The zero-order chi connectivity index (χ0) is 9.97. The van der Waals surface area contributed by atoms with E-state index in [0.717, 1.165) is 5.56 Å². The van der Waals surface area contributed by atoms with Crippen molar-refractivity contribution in [2.75, 3.05) is 0 Å². The van der Waals surface area contributed by atoms with Gasteiger partial charge in [0, 0.05) is 5.56 Å². The Balaban J connectivity index is 2.61. The van der Waals surface area contributed by atoms with Gasteiger partial charge in [0.05, 0.1) is 6.61 Å². The summed E-state index contributed by atoms with van der Waals surface area (Å²) in [5, 5.41) is 12.8. The highest BCUT2D eigenvalue weighted by molar-refractivity contribution is 7.08. The van der Waals surface area contributed by atoms with Gasteiger partial charge < -0.3 is 5.11 Å². The van der Waals surface area contributed by atoms with Gasteiger partial charge in [-0.2, -0.15) is 11.3 Å². The van der Waals surface area contributed by atoms with Gasteiger partial charge in [0.15, 0.2) is 0 Å². The second-order valence-electron chi connectivity index (χ2n) is 2.94. The van der Waals surface area contributed by atoms with E-state index in [1.807, 2.05) is 16.8 Å². The van der Waals surface area contributed by atoms with Crippen molar-refractivity contribution in [1.82, 2.24) is 0 Å². The lowest BCUT2D eigenvalue weighted by Crippen LogP contribution is -1.91. The molecule has 0 unspecified atom stereocenters. The van der Waals surface area contributed by atoms with E-state index < -0.39 is 0 Å². The molecule has 1 nitrogen and oxygen atoms in total. The second kappa shape index (κ2) is 3.90. The van der Waals surface area contributed by atoms with E-state index in [-0.39, 0.29) is 12.4 Å². The molecule has 3 heteroatoms. The van der Waals surface area contributed by atoms with Crippen molar-refractivity contribution in [2.45, 2.75) is 6.61 Å². The first-order chi connectivity index (χ1) is 6.83. The van der Waals surface area contributed by atoms with Gasteiger partial charge in [0.2, 0.25) is 0 Å². The van der Waals surface area contributed by atoms with Gasteiger partial charge in [-0.1, -0.05) is 12.1 Å². The summed E-state index contributed by atoms with van der Waals surface area (Å²) in [6.45, 7) is -0.136. The Morgan fingerprint density at radius 1 is 1.29 bits per heavy atom. The van der Waals surface area contributed by atoms with Crippen LogP contribution < -0.4 is 0 Å². The minimum atomic E-state index is -0.282. The van der Waals surface area contributed by atoms with Gasteiger partial charge in [0.1, 0.15) is 5.82 Å². The minimum Gasteiger partial charge on any atom is -0.392 e. The van der Waals surface area contributed by atoms with E-state index >= 15 is 0 Å². The molecule has 2 rings (SSSR count). The molecule has 2 aromatic rings. The van der Waals surface area contributed by atoms with Crippen LogP contribution in [0.5, 0.6) is 0 Å². The molecule has 14 heavy (non-hydrogen) atoms. The molecule has 0 spiro atoms. The Labute approximate surface area is 85.5 Å². The summed E-state index contributed by atoms with van der Waals surface area (Å²) in [6, 6.07) is 6.60. The average Bonchev–Trinajstić information content (AvgIpc) is 2.70. The standard InChI is InChI=1S/C11H9FOS/c12-10-3-1-2-8(6-13)11(10)9-4-5-14-7-9/h1-5,7,13H,6H2. The van der Waals surface area contributed by atoms with E-state index in [2.05, 4.69) is 0 Å². The van der Waals surface area contributed by atoms with Crippen LogP contribution >= 0.6 is 11.3 Å². The zero-order valence-electron chi connectivity index (χ0n) is 7.40. The summed E-state index contributed by atoms with van der Waals surface area (Å²) in [5.41, 5.74) is 1.97. The van der Waals surface area contributed by atoms with Gasteiger partial charge in [-0.3, -0.25) is 0 Å². The van der Waals surface area contributed by atoms with Crippen LogP contribution in [0.1, 0.15) is 5.56 Å². The molecule has 0 saturated carbocycles. The highest BCUT2D eigenvalue weighted by atomic mass is 32.1. The third-order valence-electron chi connectivity index (χ3n) is 2.08. The Kier molecular flexibility index (Phi) is 2.61. The van der Waals surface area contributed by atoms with Gasteiger partial charge in [-0.15, -0.1) is 0 Å². The Morgan fingerprint density at radius 2 is 2.14 bits per heavy atom. The monoisotopic (exact) mass is 208 g/mol. The number of hydrogen-bond acceptors (Lipinski definition) is 2. The molecular weight excluding hydrogens is 199 g/mol. The fourth-order valence-electron chi connectivity index (χ4n) is 1.43. The highest BCUT2D eigenvalue weighted by Gasteiger charge is 2.09. The lowest BCUT2D eigenvalue weighted by Gasteiger charge is -2.06. The van der Waals surface area contributed by atoms with Crippen molar-refractivity contribution in [3.8, 4) is 11.1 Å². The van der Waals surface area contributed by atoms with Crippen LogP contribution in [0.2, 0.25) is 0 Å². The molecule has 0 aliphatic carbocycles. The Bertz CT molecular complexity index is 423. The van der Waals surface area contributed by atoms with Gasteiger partial charge in [0.25, 0.3) is 0 Å². The van der Waals surface area contributed by atoms with E-state index in [0.29, 0.717) is 11.1 Å². The first kappa shape index (κ1) is 9.37. The van der Waals surface area contributed by atoms with Crippen molar-refractivity contribution in [3.63, 3.8) is 0 Å². The zero-order valence-corrected chi connectivity index (χ0v) is 8.22. The molecule has 0 fully saturated rings. The largest absolute Gasteiger partial charge is 0.392 e. The predicted molar refractivity (Wildman–Crippen MR) is 55.6 cm³/mol. The molecule has 0 bridgehead atoms. The quantitative estimate of drug-likeness (QED) is 0.804. The molecule has 72 valence electrons. The van der Waals surface area contributed by atoms with Crippen LogP contribution in [0.15, 0.2) is 35.0 Å². The fourth-order valence-corrected chi connectivity index (χ4v) is 2.08. The van der Waals surface area contributed by atoms with E-state index in [4.69, 9.17) is 5.11 Å². The average molecular weight is 208 g/mol. The SMILES string of the molecule is OCc1cccc(F)c1-c1ccsc1. The summed E-state index contributed by atoms with van der Waals surface area (Å²) in [6.07, 6.45) is 0. The van der Waals surface area contributed by atoms with E-state index in [9.17, 15) is 4.39 Å². The van der Waals surface area contributed by atoms with Crippen molar-refractivity contribution in [2.24, 2.45) is 0 Å². The molecule has 0 aliphatic heterocycles. The molecule has 0 radical (unpaired) electrons. The van der Waals surface area contributed by atoms with Crippen molar-refractivity contribution < 1.29 is 9.50 Å². The van der Waals surface area contributed by atoms with E-state index in [1.165, 1.54) is 17.4 Å². The molecule has 0 aliphatic rings. The first-order valence-corrected chi connectivity index (χ1v) is 5.18. The van der Waals surface area contributed by atoms with Gasteiger partial charge >= 0.3 is 0 Å². The van der Waals surface area contributed by atoms with Crippen molar-refractivity contribution in [1.29, 1.82) is 0 Å². The van der Waals surface area contributed by atoms with Gasteiger partial charge in [-0.05, 0) is 34.0 Å². The number of aliphatic hydroxyl groups is 1. The number of rotatable bonds is 2. The smallest absolute Gasteiger partial charge is 0.131 e. The van der Waals surface area contributed by atoms with Gasteiger partial charge in [-0.25, -0.2) is 4.39 Å². The van der Waals surface area contributed by atoms with Crippen LogP contribution in [-0.2, 0) is 6.61 Å². The molecule has 0 amide bonds. The van der Waals surface area contributed by atoms with E-state index in [1.54, 1.807) is 12.1 Å². The summed E-state index contributed by atoms with van der Waals surface area (Å²) < 4.78 is 13.5. The Morgan fingerprint density at radius 3 is 2.79 bits per heavy atom. The normalized spacial score (nSPS) is 10.4. The second-order valence-corrected chi connectivity index (χ2v) is 3.72. The van der Waals surface area contributed by atoms with Crippen LogP contribution in [0.3, 0.4) is 0 Å². The lowest BCUT2D eigenvalue weighted by molar-refractivity contribution is 0.282. The molecule has 1 aromatic carbocycles. The summed E-state index contributed by atoms with van der Waals surface area (Å²) in [5.74, 6) is -0.282. The van der Waals surface area contributed by atoms with Crippen molar-refractivity contribution >= 4 is 11.3 Å². The number of aliphatic hydroxyl groups excluding tert-OH is 1. The number of hydrogen-bond donors (Lipinski definition) is 1. The maximum Gasteiger partial charge on any atom is 0.131 e. The van der Waals surface area contributed by atoms with Crippen LogP contribution in [0.25, 0.3) is 11.1 Å². The molecular formula is C11H9FOS.